The molecule has 0 unspecified atom stereocenters. The van der Waals surface area contributed by atoms with Crippen molar-refractivity contribution >= 4 is 6.02 Å². The second kappa shape index (κ2) is 4.44. The van der Waals surface area contributed by atoms with E-state index >= 15 is 0 Å². The monoisotopic (exact) mass is 248 g/mol. The fourth-order valence-corrected chi connectivity index (χ4v) is 2.25. The molecule has 0 bridgehead atoms. The largest absolute Gasteiger partial charge is 0.428 e. The Hall–Kier alpha value is -1.84. The molecule has 2 N–H and O–H groups in total. The van der Waals surface area contributed by atoms with Gasteiger partial charge in [-0.1, -0.05) is 23.8 Å². The molecule has 0 saturated heterocycles. The van der Waals surface area contributed by atoms with E-state index in [0.717, 1.165) is 16.7 Å². The molecule has 1 atom stereocenters. The maximum atomic E-state index is 12.8. The third-order valence-electron chi connectivity index (χ3n) is 3.09. The zero-order valence-electron chi connectivity index (χ0n) is 10.8. The summed E-state index contributed by atoms with van der Waals surface area (Å²) in [6.45, 7) is 5.24. The molecule has 1 aromatic rings. The van der Waals surface area contributed by atoms with Gasteiger partial charge < -0.3 is 10.5 Å². The van der Waals surface area contributed by atoms with Crippen LogP contribution in [0.2, 0.25) is 0 Å². The highest BCUT2D eigenvalue weighted by Gasteiger charge is 2.30. The van der Waals surface area contributed by atoms with Crippen LogP contribution in [0.4, 0.5) is 4.39 Å². The molecule has 0 saturated carbocycles. The number of amidine groups is 1. The van der Waals surface area contributed by atoms with Crippen molar-refractivity contribution in [2.24, 2.45) is 10.7 Å². The standard InChI is InChI=1S/C14H17FN2O/c1-9-4-5-10(2)12(6-9)14(3)7-11(8-15)18-13(16)17-14/h4-7H,8H2,1-3H3,(H2,16,17)/t14-/m0/s1. The Kier molecular flexibility index (Phi) is 3.11. The topological polar surface area (TPSA) is 47.6 Å². The van der Waals surface area contributed by atoms with E-state index in [1.54, 1.807) is 6.08 Å². The lowest BCUT2D eigenvalue weighted by molar-refractivity contribution is 0.317. The van der Waals surface area contributed by atoms with Crippen LogP contribution < -0.4 is 5.73 Å². The molecule has 4 heteroatoms. The lowest BCUT2D eigenvalue weighted by Crippen LogP contribution is -2.30. The molecule has 18 heavy (non-hydrogen) atoms. The SMILES string of the molecule is Cc1ccc(C)c([C@]2(C)C=C(CF)OC(N)=N2)c1. The van der Waals surface area contributed by atoms with Crippen molar-refractivity contribution in [1.82, 2.24) is 0 Å². The first kappa shape index (κ1) is 12.6. The minimum absolute atomic E-state index is 0.00792. The number of nitrogens with two attached hydrogens (primary N) is 1. The Balaban J connectivity index is 2.56. The summed E-state index contributed by atoms with van der Waals surface area (Å²) in [6.07, 6.45) is 1.69. The van der Waals surface area contributed by atoms with Gasteiger partial charge in [0.15, 0.2) is 0 Å². The van der Waals surface area contributed by atoms with Crippen LogP contribution in [0.25, 0.3) is 0 Å². The minimum atomic E-state index is -0.684. The van der Waals surface area contributed by atoms with Crippen LogP contribution in [0.3, 0.4) is 0 Å². The molecule has 0 spiro atoms. The molecule has 96 valence electrons. The number of hydrogen-bond donors (Lipinski definition) is 1. The summed E-state index contributed by atoms with van der Waals surface area (Å²) in [4.78, 5) is 4.31. The lowest BCUT2D eigenvalue weighted by Gasteiger charge is -2.29. The minimum Gasteiger partial charge on any atom is -0.428 e. The van der Waals surface area contributed by atoms with Crippen LogP contribution in [0.15, 0.2) is 35.0 Å². The van der Waals surface area contributed by atoms with Gasteiger partial charge in [-0.15, -0.1) is 0 Å². The van der Waals surface area contributed by atoms with Gasteiger partial charge >= 0.3 is 0 Å². The number of hydrogen-bond acceptors (Lipinski definition) is 3. The van der Waals surface area contributed by atoms with Gasteiger partial charge in [-0.3, -0.25) is 0 Å². The summed E-state index contributed by atoms with van der Waals surface area (Å²) >= 11 is 0. The molecule has 1 aromatic carbocycles. The molecule has 0 aliphatic carbocycles. The van der Waals surface area contributed by atoms with Crippen molar-refractivity contribution in [3.8, 4) is 0 Å². The van der Waals surface area contributed by atoms with Crippen LogP contribution in [0.1, 0.15) is 23.6 Å². The summed E-state index contributed by atoms with van der Waals surface area (Å²) < 4.78 is 17.8. The average molecular weight is 248 g/mol. The van der Waals surface area contributed by atoms with Crippen molar-refractivity contribution in [2.45, 2.75) is 26.3 Å². The number of ether oxygens (including phenoxy) is 1. The summed E-state index contributed by atoms with van der Waals surface area (Å²) in [5, 5.41) is 0. The number of benzene rings is 1. The summed E-state index contributed by atoms with van der Waals surface area (Å²) in [5.74, 6) is 0.214. The third kappa shape index (κ3) is 2.23. The fraction of sp³-hybridized carbons (Fsp3) is 0.357. The van der Waals surface area contributed by atoms with E-state index in [1.165, 1.54) is 0 Å². The highest BCUT2D eigenvalue weighted by Crippen LogP contribution is 2.34. The van der Waals surface area contributed by atoms with E-state index in [-0.39, 0.29) is 11.8 Å². The van der Waals surface area contributed by atoms with E-state index in [0.29, 0.717) is 0 Å². The Morgan fingerprint density at radius 3 is 2.78 bits per heavy atom. The normalized spacial score (nSPS) is 23.1. The molecule has 0 fully saturated rings. The highest BCUT2D eigenvalue weighted by atomic mass is 19.1. The molecule has 2 rings (SSSR count). The van der Waals surface area contributed by atoms with Crippen LogP contribution in [0, 0.1) is 13.8 Å². The van der Waals surface area contributed by atoms with Crippen molar-refractivity contribution < 1.29 is 9.13 Å². The van der Waals surface area contributed by atoms with Gasteiger partial charge in [0.05, 0.1) is 0 Å². The number of rotatable bonds is 2. The van der Waals surface area contributed by atoms with Crippen molar-refractivity contribution in [3.63, 3.8) is 0 Å². The second-order valence-corrected chi connectivity index (χ2v) is 4.76. The van der Waals surface area contributed by atoms with E-state index in [2.05, 4.69) is 4.99 Å². The van der Waals surface area contributed by atoms with E-state index < -0.39 is 12.2 Å². The molecule has 0 aromatic heterocycles. The highest BCUT2D eigenvalue weighted by molar-refractivity contribution is 5.75. The molecule has 0 radical (unpaired) electrons. The first-order chi connectivity index (χ1) is 8.44. The van der Waals surface area contributed by atoms with Gasteiger partial charge in [-0.05, 0) is 38.0 Å². The Morgan fingerprint density at radius 2 is 2.11 bits per heavy atom. The van der Waals surface area contributed by atoms with Gasteiger partial charge in [0.2, 0.25) is 0 Å². The summed E-state index contributed by atoms with van der Waals surface area (Å²) in [5.41, 5.74) is 8.19. The first-order valence-electron chi connectivity index (χ1n) is 5.83. The number of alkyl halides is 1. The molecular formula is C14H17FN2O. The van der Waals surface area contributed by atoms with Crippen molar-refractivity contribution in [3.05, 3.63) is 46.7 Å². The zero-order chi connectivity index (χ0) is 13.3. The average Bonchev–Trinajstić information content (AvgIpc) is 2.31. The van der Waals surface area contributed by atoms with E-state index in [1.807, 2.05) is 39.0 Å². The van der Waals surface area contributed by atoms with E-state index in [9.17, 15) is 4.39 Å². The smallest absolute Gasteiger partial charge is 0.288 e. The Labute approximate surface area is 106 Å². The van der Waals surface area contributed by atoms with Gasteiger partial charge in [-0.2, -0.15) is 0 Å². The van der Waals surface area contributed by atoms with Crippen molar-refractivity contribution in [1.29, 1.82) is 0 Å². The lowest BCUT2D eigenvalue weighted by atomic mass is 9.87. The molecular weight excluding hydrogens is 231 g/mol. The van der Waals surface area contributed by atoms with Crippen molar-refractivity contribution in [2.75, 3.05) is 6.67 Å². The number of allylic oxidation sites excluding steroid dienone is 1. The second-order valence-electron chi connectivity index (χ2n) is 4.76. The zero-order valence-corrected chi connectivity index (χ0v) is 10.8. The van der Waals surface area contributed by atoms with Crippen LogP contribution in [0.5, 0.6) is 0 Å². The predicted molar refractivity (Wildman–Crippen MR) is 70.0 cm³/mol. The molecule has 1 aliphatic heterocycles. The Morgan fingerprint density at radius 1 is 1.39 bits per heavy atom. The number of aliphatic imine (C=N–C) groups is 1. The van der Waals surface area contributed by atoms with Gasteiger partial charge in [-0.25, -0.2) is 9.38 Å². The fourth-order valence-electron chi connectivity index (χ4n) is 2.25. The molecule has 1 aliphatic rings. The van der Waals surface area contributed by atoms with Gasteiger partial charge in [0.1, 0.15) is 18.0 Å². The summed E-state index contributed by atoms with van der Waals surface area (Å²) in [7, 11) is 0. The predicted octanol–water partition coefficient (Wildman–Crippen LogP) is 2.72. The van der Waals surface area contributed by atoms with Crippen LogP contribution in [-0.2, 0) is 10.3 Å². The third-order valence-corrected chi connectivity index (χ3v) is 3.09. The van der Waals surface area contributed by atoms with E-state index in [4.69, 9.17) is 10.5 Å². The Bertz CT molecular complexity index is 537. The maximum absolute atomic E-state index is 12.8. The number of nitrogens with zero attached hydrogens (tertiary/aromatic N) is 1. The van der Waals surface area contributed by atoms with Crippen LogP contribution >= 0.6 is 0 Å². The quantitative estimate of drug-likeness (QED) is 0.874. The number of aryl methyl sites for hydroxylation is 2. The summed E-state index contributed by atoms with van der Waals surface area (Å²) in [6, 6.07) is 6.12. The number of halogens is 1. The molecule has 1 heterocycles. The maximum Gasteiger partial charge on any atom is 0.288 e. The molecule has 0 amide bonds. The first-order valence-corrected chi connectivity index (χ1v) is 5.83. The molecule has 3 nitrogen and oxygen atoms in total. The van der Waals surface area contributed by atoms with Crippen LogP contribution in [-0.4, -0.2) is 12.7 Å². The van der Waals surface area contributed by atoms with Gasteiger partial charge in [0.25, 0.3) is 6.02 Å². The van der Waals surface area contributed by atoms with Gasteiger partial charge in [0, 0.05) is 0 Å².